The molecule has 32 heavy (non-hydrogen) atoms. The van der Waals surface area contributed by atoms with Gasteiger partial charge in [-0.05, 0) is 58.2 Å². The third-order valence-electron chi connectivity index (χ3n) is 5.38. The maximum atomic E-state index is 12.4. The summed E-state index contributed by atoms with van der Waals surface area (Å²) < 4.78 is 6.08. The summed E-state index contributed by atoms with van der Waals surface area (Å²) in [6.07, 6.45) is 2.45. The van der Waals surface area contributed by atoms with Crippen molar-refractivity contribution in [1.82, 2.24) is 9.97 Å². The van der Waals surface area contributed by atoms with Gasteiger partial charge in [0.15, 0.2) is 6.10 Å². The number of carboxylic acid groups (broad SMARTS) is 1. The third-order valence-corrected chi connectivity index (χ3v) is 6.65. The highest BCUT2D eigenvalue weighted by molar-refractivity contribution is 7.19. The summed E-state index contributed by atoms with van der Waals surface area (Å²) in [6, 6.07) is 3.97. The van der Waals surface area contributed by atoms with Crippen LogP contribution in [0.25, 0.3) is 21.3 Å². The average Bonchev–Trinajstić information content (AvgIpc) is 3.07. The van der Waals surface area contributed by atoms with Gasteiger partial charge in [-0.15, -0.1) is 11.3 Å². The third kappa shape index (κ3) is 4.64. The van der Waals surface area contributed by atoms with Crippen LogP contribution in [-0.2, 0) is 22.4 Å². The van der Waals surface area contributed by atoms with Crippen molar-refractivity contribution in [1.29, 1.82) is 0 Å². The Labute approximate surface area is 194 Å². The van der Waals surface area contributed by atoms with Gasteiger partial charge in [0, 0.05) is 52.9 Å². The van der Waals surface area contributed by atoms with Crippen LogP contribution in [-0.4, -0.2) is 40.7 Å². The van der Waals surface area contributed by atoms with Gasteiger partial charge in [0.2, 0.25) is 0 Å². The van der Waals surface area contributed by atoms with E-state index in [0.717, 1.165) is 40.0 Å². The van der Waals surface area contributed by atoms with E-state index in [0.29, 0.717) is 11.3 Å². The standard InChI is InChI=1S/C25H33N3O3S/c1-9-16-17(10-2)32-23-21(16)20(15-11-12-18(26-13-15)28(7)8)19(14(3)27-23)22(24(29)30)31-25(4,5)6/h11-13,22H,9-10H2,1-8H3,(H,29,30). The van der Waals surface area contributed by atoms with E-state index in [1.165, 1.54) is 10.4 Å². The summed E-state index contributed by atoms with van der Waals surface area (Å²) in [7, 11) is 3.89. The first-order valence-electron chi connectivity index (χ1n) is 11.0. The quantitative estimate of drug-likeness (QED) is 0.485. The summed E-state index contributed by atoms with van der Waals surface area (Å²) in [4.78, 5) is 26.1. The number of hydrogen-bond donors (Lipinski definition) is 1. The number of anilines is 1. The number of carbonyl (C=O) groups is 1. The molecule has 1 atom stereocenters. The topological polar surface area (TPSA) is 75.6 Å². The van der Waals surface area contributed by atoms with Crippen molar-refractivity contribution < 1.29 is 14.6 Å². The number of thiophene rings is 1. The predicted molar refractivity (Wildman–Crippen MR) is 132 cm³/mol. The molecule has 0 amide bonds. The van der Waals surface area contributed by atoms with E-state index in [1.54, 1.807) is 11.3 Å². The number of pyridine rings is 2. The second-order valence-corrected chi connectivity index (χ2v) is 10.2. The Kier molecular flexibility index (Phi) is 6.91. The lowest BCUT2D eigenvalue weighted by Crippen LogP contribution is -2.28. The maximum absolute atomic E-state index is 12.4. The van der Waals surface area contributed by atoms with Gasteiger partial charge in [-0.2, -0.15) is 0 Å². The molecule has 0 aliphatic rings. The molecule has 0 radical (unpaired) electrons. The molecule has 0 aliphatic carbocycles. The SMILES string of the molecule is CCc1sc2nc(C)c(C(OC(C)(C)C)C(=O)O)c(-c3ccc(N(C)C)nc3)c2c1CC. The van der Waals surface area contributed by atoms with Gasteiger partial charge in [-0.3, -0.25) is 0 Å². The van der Waals surface area contributed by atoms with Crippen LogP contribution in [0.2, 0.25) is 0 Å². The highest BCUT2D eigenvalue weighted by Gasteiger charge is 2.33. The minimum absolute atomic E-state index is 0.606. The lowest BCUT2D eigenvalue weighted by atomic mass is 9.90. The van der Waals surface area contributed by atoms with Crippen LogP contribution in [0, 0.1) is 6.92 Å². The first-order valence-corrected chi connectivity index (χ1v) is 11.8. The van der Waals surface area contributed by atoms with Crippen LogP contribution in [0.1, 0.15) is 62.4 Å². The van der Waals surface area contributed by atoms with Gasteiger partial charge in [-0.1, -0.05) is 13.8 Å². The molecule has 1 N–H and O–H groups in total. The molecule has 0 saturated carbocycles. The lowest BCUT2D eigenvalue weighted by molar-refractivity contribution is -0.160. The monoisotopic (exact) mass is 455 g/mol. The summed E-state index contributed by atoms with van der Waals surface area (Å²) in [6.45, 7) is 11.8. The average molecular weight is 456 g/mol. The Hall–Kier alpha value is -2.51. The minimum atomic E-state index is -1.13. The molecule has 0 aromatic carbocycles. The van der Waals surface area contributed by atoms with Crippen molar-refractivity contribution in [3.05, 3.63) is 40.0 Å². The molecule has 1 unspecified atom stereocenters. The molecular formula is C25H33N3O3S. The first-order chi connectivity index (χ1) is 15.0. The highest BCUT2D eigenvalue weighted by atomic mass is 32.1. The van der Waals surface area contributed by atoms with E-state index < -0.39 is 17.7 Å². The number of aliphatic carboxylic acids is 1. The fourth-order valence-electron chi connectivity index (χ4n) is 4.03. The van der Waals surface area contributed by atoms with Crippen LogP contribution in [0.4, 0.5) is 5.82 Å². The Morgan fingerprint density at radius 2 is 1.91 bits per heavy atom. The predicted octanol–water partition coefficient (Wildman–Crippen LogP) is 5.80. The zero-order valence-electron chi connectivity index (χ0n) is 20.2. The Balaban J connectivity index is 2.43. The summed E-state index contributed by atoms with van der Waals surface area (Å²) in [5, 5.41) is 11.2. The van der Waals surface area contributed by atoms with E-state index in [1.807, 2.05) is 65.0 Å². The Bertz CT molecular complexity index is 1130. The van der Waals surface area contributed by atoms with Crippen LogP contribution >= 0.6 is 11.3 Å². The van der Waals surface area contributed by atoms with E-state index in [2.05, 4.69) is 18.8 Å². The van der Waals surface area contributed by atoms with Crippen LogP contribution in [0.5, 0.6) is 0 Å². The Morgan fingerprint density at radius 3 is 2.38 bits per heavy atom. The van der Waals surface area contributed by atoms with Crippen LogP contribution < -0.4 is 4.90 Å². The smallest absolute Gasteiger partial charge is 0.337 e. The molecule has 3 rings (SSSR count). The molecule has 3 aromatic rings. The van der Waals surface area contributed by atoms with E-state index in [4.69, 9.17) is 9.72 Å². The second kappa shape index (κ2) is 9.16. The molecule has 0 saturated heterocycles. The van der Waals surface area contributed by atoms with E-state index in [9.17, 15) is 9.90 Å². The minimum Gasteiger partial charge on any atom is -0.479 e. The van der Waals surface area contributed by atoms with Crippen LogP contribution in [0.3, 0.4) is 0 Å². The first kappa shape index (κ1) is 24.1. The largest absolute Gasteiger partial charge is 0.479 e. The normalized spacial score (nSPS) is 12.9. The molecule has 3 aromatic heterocycles. The van der Waals surface area contributed by atoms with Crippen molar-refractivity contribution in [3.8, 4) is 11.1 Å². The molecule has 7 heteroatoms. The lowest BCUT2D eigenvalue weighted by Gasteiger charge is -2.28. The fraction of sp³-hybridized carbons (Fsp3) is 0.480. The molecule has 0 spiro atoms. The molecule has 3 heterocycles. The summed E-state index contributed by atoms with van der Waals surface area (Å²) in [5.41, 5.74) is 3.62. The van der Waals surface area contributed by atoms with E-state index >= 15 is 0 Å². The second-order valence-electron chi connectivity index (χ2n) is 9.12. The summed E-state index contributed by atoms with van der Waals surface area (Å²) in [5.74, 6) is -0.180. The van der Waals surface area contributed by atoms with Gasteiger partial charge in [0.25, 0.3) is 0 Å². The van der Waals surface area contributed by atoms with Gasteiger partial charge < -0.3 is 14.7 Å². The molecule has 0 aliphatic heterocycles. The number of hydrogen-bond acceptors (Lipinski definition) is 6. The van der Waals surface area contributed by atoms with E-state index in [-0.39, 0.29) is 0 Å². The summed E-state index contributed by atoms with van der Waals surface area (Å²) >= 11 is 1.69. The van der Waals surface area contributed by atoms with Crippen molar-refractivity contribution in [3.63, 3.8) is 0 Å². The van der Waals surface area contributed by atoms with Gasteiger partial charge in [0.05, 0.1) is 5.60 Å². The number of aromatic nitrogens is 2. The molecule has 0 bridgehead atoms. The number of carboxylic acids is 1. The van der Waals surface area contributed by atoms with Crippen LogP contribution in [0.15, 0.2) is 18.3 Å². The zero-order chi connectivity index (χ0) is 23.8. The molecular weight excluding hydrogens is 422 g/mol. The number of aryl methyl sites for hydroxylation is 3. The molecule has 6 nitrogen and oxygen atoms in total. The molecule has 172 valence electrons. The molecule has 0 fully saturated rings. The van der Waals surface area contributed by atoms with Crippen molar-refractivity contribution in [2.24, 2.45) is 0 Å². The van der Waals surface area contributed by atoms with Gasteiger partial charge in [-0.25, -0.2) is 14.8 Å². The highest BCUT2D eigenvalue weighted by Crippen LogP contribution is 2.44. The Morgan fingerprint density at radius 1 is 1.22 bits per heavy atom. The fourth-order valence-corrected chi connectivity index (χ4v) is 5.28. The number of ether oxygens (including phenoxy) is 1. The van der Waals surface area contributed by atoms with Crippen molar-refractivity contribution in [2.45, 2.75) is 66.1 Å². The number of nitrogens with zero attached hydrogens (tertiary/aromatic N) is 3. The van der Waals surface area contributed by atoms with Crippen molar-refractivity contribution >= 4 is 33.3 Å². The van der Waals surface area contributed by atoms with Gasteiger partial charge >= 0.3 is 5.97 Å². The van der Waals surface area contributed by atoms with Crippen molar-refractivity contribution in [2.75, 3.05) is 19.0 Å². The number of rotatable bonds is 7. The van der Waals surface area contributed by atoms with Gasteiger partial charge in [0.1, 0.15) is 10.6 Å². The zero-order valence-corrected chi connectivity index (χ0v) is 21.1. The number of fused-ring (bicyclic) bond motifs is 1. The maximum Gasteiger partial charge on any atom is 0.337 e.